The summed E-state index contributed by atoms with van der Waals surface area (Å²) in [6.07, 6.45) is 5.40. The lowest BCUT2D eigenvalue weighted by atomic mass is 10.3. The van der Waals surface area contributed by atoms with Crippen molar-refractivity contribution < 1.29 is 8.42 Å². The van der Waals surface area contributed by atoms with Crippen LogP contribution >= 0.6 is 11.3 Å². The van der Waals surface area contributed by atoms with Crippen LogP contribution in [0.1, 0.15) is 49.5 Å². The Morgan fingerprint density at radius 1 is 1.33 bits per heavy atom. The molecule has 0 atom stereocenters. The Kier molecular flexibility index (Phi) is 4.41. The van der Waals surface area contributed by atoms with Crippen molar-refractivity contribution in [2.45, 2.75) is 68.8 Å². The zero-order chi connectivity index (χ0) is 15.0. The van der Waals surface area contributed by atoms with Gasteiger partial charge in [0.05, 0.1) is 0 Å². The van der Waals surface area contributed by atoms with Gasteiger partial charge in [0.25, 0.3) is 10.0 Å². The van der Waals surface area contributed by atoms with Gasteiger partial charge in [-0.2, -0.15) is 4.31 Å². The first-order valence-electron chi connectivity index (χ1n) is 7.87. The quantitative estimate of drug-likeness (QED) is 0.798. The summed E-state index contributed by atoms with van der Waals surface area (Å²) in [5.41, 5.74) is 1.10. The Bertz CT molecular complexity index is 601. The first-order chi connectivity index (χ1) is 10.0. The molecule has 0 spiro atoms. The van der Waals surface area contributed by atoms with Crippen LogP contribution in [-0.2, 0) is 16.6 Å². The molecule has 0 radical (unpaired) electrons. The zero-order valence-electron chi connectivity index (χ0n) is 12.8. The molecule has 0 unspecified atom stereocenters. The molecule has 1 N–H and O–H groups in total. The maximum absolute atomic E-state index is 12.8. The minimum atomic E-state index is -3.30. The van der Waals surface area contributed by atoms with Gasteiger partial charge in [-0.05, 0) is 50.7 Å². The summed E-state index contributed by atoms with van der Waals surface area (Å²) in [4.78, 5) is 1.16. The molecule has 0 saturated heterocycles. The molecule has 2 saturated carbocycles. The van der Waals surface area contributed by atoms with Crippen LogP contribution in [0.3, 0.4) is 0 Å². The Hall–Kier alpha value is -0.430. The molecular formula is C15H24N2O2S2. The van der Waals surface area contributed by atoms with Gasteiger partial charge in [-0.25, -0.2) is 8.42 Å². The van der Waals surface area contributed by atoms with E-state index in [4.69, 9.17) is 0 Å². The second-order valence-electron chi connectivity index (χ2n) is 6.17. The van der Waals surface area contributed by atoms with Gasteiger partial charge in [0.15, 0.2) is 0 Å². The molecule has 2 fully saturated rings. The van der Waals surface area contributed by atoms with Gasteiger partial charge in [-0.1, -0.05) is 6.92 Å². The van der Waals surface area contributed by atoms with Crippen LogP contribution in [0.5, 0.6) is 0 Å². The van der Waals surface area contributed by atoms with E-state index in [0.717, 1.165) is 36.2 Å². The number of hydrogen-bond donors (Lipinski definition) is 1. The van der Waals surface area contributed by atoms with E-state index in [9.17, 15) is 8.42 Å². The summed E-state index contributed by atoms with van der Waals surface area (Å²) in [5.74, 6) is 0. The highest BCUT2D eigenvalue weighted by atomic mass is 32.2. The van der Waals surface area contributed by atoms with E-state index >= 15 is 0 Å². The predicted octanol–water partition coefficient (Wildman–Crippen LogP) is 2.87. The summed E-state index contributed by atoms with van der Waals surface area (Å²) in [6, 6.07) is 2.74. The van der Waals surface area contributed by atoms with Gasteiger partial charge in [0.2, 0.25) is 0 Å². The van der Waals surface area contributed by atoms with Crippen molar-refractivity contribution in [1.29, 1.82) is 0 Å². The van der Waals surface area contributed by atoms with E-state index in [1.54, 1.807) is 4.31 Å². The van der Waals surface area contributed by atoms with Crippen molar-refractivity contribution in [2.24, 2.45) is 0 Å². The van der Waals surface area contributed by atoms with E-state index in [2.05, 4.69) is 5.32 Å². The first-order valence-corrected chi connectivity index (χ1v) is 10.1. The minimum Gasteiger partial charge on any atom is -0.309 e. The molecule has 0 amide bonds. The molecule has 2 aliphatic carbocycles. The number of rotatable bonds is 8. The fraction of sp³-hybridized carbons (Fsp3) is 0.733. The van der Waals surface area contributed by atoms with Gasteiger partial charge in [0.1, 0.15) is 4.21 Å². The number of thiophene rings is 1. The van der Waals surface area contributed by atoms with E-state index in [1.807, 2.05) is 19.9 Å². The number of nitrogens with one attached hydrogen (secondary N) is 1. The summed E-state index contributed by atoms with van der Waals surface area (Å²) in [5, 5.41) is 3.47. The monoisotopic (exact) mass is 328 g/mol. The van der Waals surface area contributed by atoms with Crippen molar-refractivity contribution in [1.82, 2.24) is 9.62 Å². The zero-order valence-corrected chi connectivity index (χ0v) is 14.4. The average Bonchev–Trinajstić information content (AvgIpc) is 3.33. The van der Waals surface area contributed by atoms with E-state index in [0.29, 0.717) is 16.8 Å². The van der Waals surface area contributed by atoms with Crippen LogP contribution in [0, 0.1) is 6.92 Å². The third-order valence-corrected chi connectivity index (χ3v) is 7.73. The molecule has 0 aromatic carbocycles. The summed E-state index contributed by atoms with van der Waals surface area (Å²) >= 11 is 1.44. The largest absolute Gasteiger partial charge is 0.309 e. The van der Waals surface area contributed by atoms with Crippen LogP contribution in [-0.4, -0.2) is 31.4 Å². The fourth-order valence-corrected chi connectivity index (χ4v) is 5.96. The van der Waals surface area contributed by atoms with Crippen LogP contribution in [0.25, 0.3) is 0 Å². The number of aryl methyl sites for hydroxylation is 1. The highest BCUT2D eigenvalue weighted by Gasteiger charge is 2.38. The summed E-state index contributed by atoms with van der Waals surface area (Å²) in [6.45, 7) is 5.49. The summed E-state index contributed by atoms with van der Waals surface area (Å²) < 4.78 is 27.9. The third kappa shape index (κ3) is 3.50. The van der Waals surface area contributed by atoms with Gasteiger partial charge >= 0.3 is 0 Å². The third-order valence-electron chi connectivity index (χ3n) is 4.09. The maximum Gasteiger partial charge on any atom is 0.252 e. The molecule has 6 heteroatoms. The molecule has 21 heavy (non-hydrogen) atoms. The van der Waals surface area contributed by atoms with Gasteiger partial charge in [-0.3, -0.25) is 0 Å². The molecule has 118 valence electrons. The molecule has 0 bridgehead atoms. The maximum atomic E-state index is 12.8. The number of nitrogens with zero attached hydrogens (tertiary/aromatic N) is 1. The van der Waals surface area contributed by atoms with E-state index in [1.165, 1.54) is 24.2 Å². The number of hydrogen-bond acceptors (Lipinski definition) is 4. The SMILES string of the molecule is CCCN(C1CC1)S(=O)(=O)c1cc(C)c(CNC2CC2)s1. The Morgan fingerprint density at radius 2 is 2.05 bits per heavy atom. The molecule has 2 aliphatic rings. The lowest BCUT2D eigenvalue weighted by Gasteiger charge is -2.20. The molecule has 4 nitrogen and oxygen atoms in total. The van der Waals surface area contributed by atoms with Gasteiger partial charge in [-0.15, -0.1) is 11.3 Å². The van der Waals surface area contributed by atoms with Gasteiger partial charge < -0.3 is 5.32 Å². The highest BCUT2D eigenvalue weighted by molar-refractivity contribution is 7.91. The minimum absolute atomic E-state index is 0.241. The normalized spacial score (nSPS) is 19.4. The van der Waals surface area contributed by atoms with Crippen molar-refractivity contribution in [2.75, 3.05) is 6.54 Å². The second kappa shape index (κ2) is 5.99. The van der Waals surface area contributed by atoms with Crippen molar-refractivity contribution in [3.63, 3.8) is 0 Å². The van der Waals surface area contributed by atoms with Gasteiger partial charge in [0, 0.05) is 30.1 Å². The lowest BCUT2D eigenvalue weighted by Crippen LogP contribution is -2.33. The number of sulfonamides is 1. The van der Waals surface area contributed by atoms with E-state index in [-0.39, 0.29) is 6.04 Å². The fourth-order valence-electron chi connectivity index (χ4n) is 2.51. The Morgan fingerprint density at radius 3 is 2.62 bits per heavy atom. The molecule has 1 aromatic heterocycles. The predicted molar refractivity (Wildman–Crippen MR) is 86.1 cm³/mol. The molecule has 1 heterocycles. The average molecular weight is 329 g/mol. The van der Waals surface area contributed by atoms with Crippen molar-refractivity contribution >= 4 is 21.4 Å². The molecule has 1 aromatic rings. The summed E-state index contributed by atoms with van der Waals surface area (Å²) in [7, 11) is -3.30. The van der Waals surface area contributed by atoms with Crippen LogP contribution in [0.2, 0.25) is 0 Å². The lowest BCUT2D eigenvalue weighted by molar-refractivity contribution is 0.404. The standard InChI is InChI=1S/C15H24N2O2S2/c1-3-8-17(13-6-7-13)21(18,19)15-9-11(2)14(20-15)10-16-12-4-5-12/h9,12-13,16H,3-8,10H2,1-2H3. The smallest absolute Gasteiger partial charge is 0.252 e. The second-order valence-corrected chi connectivity index (χ2v) is 9.43. The first kappa shape index (κ1) is 15.5. The highest BCUT2D eigenvalue weighted by Crippen LogP contribution is 2.35. The Labute approximate surface area is 131 Å². The van der Waals surface area contributed by atoms with Crippen molar-refractivity contribution in [3.8, 4) is 0 Å². The topological polar surface area (TPSA) is 49.4 Å². The van der Waals surface area contributed by atoms with Crippen LogP contribution in [0.4, 0.5) is 0 Å². The van der Waals surface area contributed by atoms with E-state index < -0.39 is 10.0 Å². The Balaban J connectivity index is 1.78. The molecule has 0 aliphatic heterocycles. The molecule has 3 rings (SSSR count). The van der Waals surface area contributed by atoms with Crippen LogP contribution in [0.15, 0.2) is 10.3 Å². The molecular weight excluding hydrogens is 304 g/mol. The van der Waals surface area contributed by atoms with Crippen LogP contribution < -0.4 is 5.32 Å². The van der Waals surface area contributed by atoms with Crippen molar-refractivity contribution in [3.05, 3.63) is 16.5 Å².